The molecule has 0 heterocycles. The van der Waals surface area contributed by atoms with Crippen molar-refractivity contribution in [1.82, 2.24) is 10.2 Å². The van der Waals surface area contributed by atoms with Gasteiger partial charge < -0.3 is 15.1 Å². The highest BCUT2D eigenvalue weighted by Gasteiger charge is 2.14. The van der Waals surface area contributed by atoms with Gasteiger partial charge >= 0.3 is 0 Å². The van der Waals surface area contributed by atoms with Gasteiger partial charge in [-0.1, -0.05) is 41.9 Å². The van der Waals surface area contributed by atoms with E-state index in [-0.39, 0.29) is 0 Å². The molecule has 0 amide bonds. The summed E-state index contributed by atoms with van der Waals surface area (Å²) in [5, 5.41) is 4.34. The van der Waals surface area contributed by atoms with Crippen LogP contribution in [-0.2, 0) is 6.54 Å². The lowest BCUT2D eigenvalue weighted by atomic mass is 10.1. The molecule has 2 aromatic carbocycles. The van der Waals surface area contributed by atoms with E-state index in [2.05, 4.69) is 73.6 Å². The third-order valence-electron chi connectivity index (χ3n) is 4.03. The zero-order chi connectivity index (χ0) is 16.8. The Kier molecular flexibility index (Phi) is 6.46. The highest BCUT2D eigenvalue weighted by Crippen LogP contribution is 2.21. The zero-order valence-electron chi connectivity index (χ0n) is 14.4. The molecule has 0 saturated heterocycles. The summed E-state index contributed by atoms with van der Waals surface area (Å²) >= 11 is 6.21. The fourth-order valence-electron chi connectivity index (χ4n) is 2.58. The van der Waals surface area contributed by atoms with Gasteiger partial charge in [0.2, 0.25) is 0 Å². The molecule has 1 N–H and O–H groups in total. The monoisotopic (exact) mass is 331 g/mol. The second-order valence-electron chi connectivity index (χ2n) is 6.19. The summed E-state index contributed by atoms with van der Waals surface area (Å²) in [4.78, 5) is 4.36. The molecule has 0 aliphatic carbocycles. The molecule has 4 heteroatoms. The molecule has 1 unspecified atom stereocenters. The highest BCUT2D eigenvalue weighted by atomic mass is 35.5. The second kappa shape index (κ2) is 8.34. The summed E-state index contributed by atoms with van der Waals surface area (Å²) in [6.45, 7) is 1.65. The van der Waals surface area contributed by atoms with Gasteiger partial charge in [0, 0.05) is 43.9 Å². The first-order valence-corrected chi connectivity index (χ1v) is 8.24. The third-order valence-corrected chi connectivity index (χ3v) is 4.40. The maximum Gasteiger partial charge on any atom is 0.0466 e. The van der Waals surface area contributed by atoms with Crippen molar-refractivity contribution in [3.05, 3.63) is 64.7 Å². The summed E-state index contributed by atoms with van der Waals surface area (Å²) in [7, 11) is 8.34. The van der Waals surface area contributed by atoms with Crippen LogP contribution in [0, 0.1) is 0 Å². The third kappa shape index (κ3) is 4.96. The van der Waals surface area contributed by atoms with Gasteiger partial charge in [0.25, 0.3) is 0 Å². The van der Waals surface area contributed by atoms with Gasteiger partial charge in [-0.15, -0.1) is 0 Å². The molecule has 23 heavy (non-hydrogen) atoms. The van der Waals surface area contributed by atoms with Gasteiger partial charge in [0.05, 0.1) is 0 Å². The number of anilines is 1. The Hall–Kier alpha value is -1.55. The van der Waals surface area contributed by atoms with Crippen molar-refractivity contribution in [1.29, 1.82) is 0 Å². The topological polar surface area (TPSA) is 18.5 Å². The van der Waals surface area contributed by atoms with Gasteiger partial charge in [-0.3, -0.25) is 0 Å². The number of hydrogen-bond acceptors (Lipinski definition) is 3. The summed E-state index contributed by atoms with van der Waals surface area (Å²) < 4.78 is 0. The van der Waals surface area contributed by atoms with Gasteiger partial charge in [-0.25, -0.2) is 0 Å². The average molecular weight is 332 g/mol. The first-order chi connectivity index (χ1) is 11.0. The van der Waals surface area contributed by atoms with Crippen LogP contribution in [0.1, 0.15) is 17.2 Å². The molecule has 2 rings (SSSR count). The zero-order valence-corrected chi connectivity index (χ0v) is 15.1. The van der Waals surface area contributed by atoms with E-state index in [1.807, 2.05) is 18.2 Å². The summed E-state index contributed by atoms with van der Waals surface area (Å²) in [6, 6.07) is 17.0. The van der Waals surface area contributed by atoms with Crippen LogP contribution in [0.15, 0.2) is 48.5 Å². The summed E-state index contributed by atoms with van der Waals surface area (Å²) in [5.74, 6) is 0. The van der Waals surface area contributed by atoms with Crippen molar-refractivity contribution in [3.8, 4) is 0 Å². The van der Waals surface area contributed by atoms with Crippen LogP contribution >= 0.6 is 11.6 Å². The molecular weight excluding hydrogens is 306 g/mol. The summed E-state index contributed by atoms with van der Waals surface area (Å²) in [6.07, 6.45) is 0. The smallest absolute Gasteiger partial charge is 0.0466 e. The van der Waals surface area contributed by atoms with E-state index in [4.69, 9.17) is 11.6 Å². The number of likely N-dealkylation sites (N-methyl/N-ethyl adjacent to an activating group) is 1. The quantitative estimate of drug-likeness (QED) is 0.832. The number of benzene rings is 2. The van der Waals surface area contributed by atoms with E-state index in [9.17, 15) is 0 Å². The van der Waals surface area contributed by atoms with Crippen molar-refractivity contribution in [2.45, 2.75) is 12.6 Å². The molecule has 0 spiro atoms. The predicted molar refractivity (Wildman–Crippen MR) is 100 cm³/mol. The lowest BCUT2D eigenvalue weighted by molar-refractivity contribution is 0.288. The van der Waals surface area contributed by atoms with Gasteiger partial charge in [-0.2, -0.15) is 0 Å². The van der Waals surface area contributed by atoms with E-state index >= 15 is 0 Å². The van der Waals surface area contributed by atoms with Crippen molar-refractivity contribution in [2.24, 2.45) is 0 Å². The SMILES string of the molecule is CN(C)c1ccc(C(CNCc2ccccc2Cl)N(C)C)cc1. The maximum absolute atomic E-state index is 6.21. The van der Waals surface area contributed by atoms with E-state index in [1.165, 1.54) is 11.3 Å². The van der Waals surface area contributed by atoms with Crippen LogP contribution in [0.25, 0.3) is 0 Å². The van der Waals surface area contributed by atoms with Crippen molar-refractivity contribution >= 4 is 17.3 Å². The Morgan fingerprint density at radius 1 is 0.957 bits per heavy atom. The van der Waals surface area contributed by atoms with Crippen LogP contribution in [0.3, 0.4) is 0 Å². The Labute approximate surface area is 144 Å². The molecule has 0 aliphatic heterocycles. The van der Waals surface area contributed by atoms with Crippen molar-refractivity contribution in [3.63, 3.8) is 0 Å². The molecule has 0 radical (unpaired) electrons. The van der Waals surface area contributed by atoms with Crippen LogP contribution in [0.5, 0.6) is 0 Å². The molecule has 0 fully saturated rings. The van der Waals surface area contributed by atoms with Crippen molar-refractivity contribution in [2.75, 3.05) is 39.6 Å². The van der Waals surface area contributed by atoms with Gasteiger partial charge in [0.15, 0.2) is 0 Å². The fourth-order valence-corrected chi connectivity index (χ4v) is 2.78. The van der Waals surface area contributed by atoms with Crippen LogP contribution in [0.4, 0.5) is 5.69 Å². The Morgan fingerprint density at radius 2 is 1.61 bits per heavy atom. The first kappa shape index (κ1) is 17.8. The number of hydrogen-bond donors (Lipinski definition) is 1. The highest BCUT2D eigenvalue weighted by molar-refractivity contribution is 6.31. The molecular formula is C19H26ClN3. The molecule has 1 atom stereocenters. The van der Waals surface area contributed by atoms with Crippen LogP contribution in [0.2, 0.25) is 5.02 Å². The molecule has 2 aromatic rings. The van der Waals surface area contributed by atoms with E-state index in [0.29, 0.717) is 6.04 Å². The number of rotatable bonds is 7. The lowest BCUT2D eigenvalue weighted by Crippen LogP contribution is -2.30. The number of nitrogens with zero attached hydrogens (tertiary/aromatic N) is 2. The van der Waals surface area contributed by atoms with E-state index in [1.54, 1.807) is 0 Å². The lowest BCUT2D eigenvalue weighted by Gasteiger charge is -2.26. The Balaban J connectivity index is 2.00. The Bertz CT molecular complexity index is 608. The minimum absolute atomic E-state index is 0.327. The van der Waals surface area contributed by atoms with Crippen LogP contribution in [-0.4, -0.2) is 39.6 Å². The van der Waals surface area contributed by atoms with E-state index < -0.39 is 0 Å². The first-order valence-electron chi connectivity index (χ1n) is 7.87. The maximum atomic E-state index is 6.21. The largest absolute Gasteiger partial charge is 0.378 e. The normalized spacial score (nSPS) is 12.4. The summed E-state index contributed by atoms with van der Waals surface area (Å²) in [5.41, 5.74) is 3.66. The van der Waals surface area contributed by atoms with Crippen molar-refractivity contribution < 1.29 is 0 Å². The minimum atomic E-state index is 0.327. The molecule has 0 aliphatic rings. The molecule has 3 nitrogen and oxygen atoms in total. The molecule has 124 valence electrons. The molecule has 0 bridgehead atoms. The van der Waals surface area contributed by atoms with E-state index in [0.717, 1.165) is 23.7 Å². The average Bonchev–Trinajstić information content (AvgIpc) is 2.53. The van der Waals surface area contributed by atoms with Gasteiger partial charge in [0.1, 0.15) is 0 Å². The number of nitrogens with one attached hydrogen (secondary N) is 1. The predicted octanol–water partition coefficient (Wildman–Crippen LogP) is 3.80. The number of halogens is 1. The molecule has 0 aromatic heterocycles. The standard InChI is InChI=1S/C19H26ClN3/c1-22(2)17-11-9-15(10-12-17)19(23(3)4)14-21-13-16-7-5-6-8-18(16)20/h5-12,19,21H,13-14H2,1-4H3. The fraction of sp³-hybridized carbons (Fsp3) is 0.368. The van der Waals surface area contributed by atoms with Gasteiger partial charge in [-0.05, 0) is 43.4 Å². The Morgan fingerprint density at radius 3 is 2.17 bits per heavy atom. The molecule has 0 saturated carbocycles. The van der Waals surface area contributed by atoms with Crippen LogP contribution < -0.4 is 10.2 Å². The minimum Gasteiger partial charge on any atom is -0.378 e. The second-order valence-corrected chi connectivity index (χ2v) is 6.59.